The van der Waals surface area contributed by atoms with E-state index in [1.807, 2.05) is 0 Å². The van der Waals surface area contributed by atoms with E-state index in [1.165, 1.54) is 30.3 Å². The van der Waals surface area contributed by atoms with E-state index in [9.17, 15) is 13.6 Å². The molecule has 1 heterocycles. The maximum atomic E-state index is 14.3. The quantitative estimate of drug-likeness (QED) is 0.270. The minimum absolute atomic E-state index is 0.0545. The number of rotatable bonds is 13. The molecule has 170 valence electrons. The van der Waals surface area contributed by atoms with Crippen molar-refractivity contribution in [2.24, 2.45) is 0 Å². The fraction of sp³-hybridized carbons (Fsp3) is 0.522. The molecule has 8 heteroatoms. The number of terminal acetylenes is 1. The van der Waals surface area contributed by atoms with Crippen molar-refractivity contribution in [3.8, 4) is 18.1 Å². The molecule has 1 amide bonds. The summed E-state index contributed by atoms with van der Waals surface area (Å²) in [7, 11) is 0. The first-order chi connectivity index (χ1) is 15.0. The standard InChI is InChI=1S/C23H29F2NO5/c1-3-13-28-14-15-29-16-17-30-18-23(24,25)19-5-7-20(8-6-19)31-21-9-11-26(12-10-21)22(27)4-2/h1,4-8,21H,2,9-18H2. The van der Waals surface area contributed by atoms with Gasteiger partial charge < -0.3 is 23.8 Å². The van der Waals surface area contributed by atoms with Gasteiger partial charge in [0.05, 0.1) is 26.4 Å². The summed E-state index contributed by atoms with van der Waals surface area (Å²) in [6.45, 7) is 5.06. The Morgan fingerprint density at radius 2 is 1.74 bits per heavy atom. The molecule has 2 rings (SSSR count). The molecule has 1 fully saturated rings. The van der Waals surface area contributed by atoms with Crippen molar-refractivity contribution >= 4 is 5.91 Å². The molecule has 1 saturated heterocycles. The van der Waals surface area contributed by atoms with E-state index < -0.39 is 12.5 Å². The zero-order chi connectivity index (χ0) is 22.5. The van der Waals surface area contributed by atoms with Crippen molar-refractivity contribution in [2.45, 2.75) is 24.9 Å². The minimum Gasteiger partial charge on any atom is -0.490 e. The molecule has 0 saturated carbocycles. The number of likely N-dealkylation sites (tertiary alicyclic amines) is 1. The monoisotopic (exact) mass is 437 g/mol. The summed E-state index contributed by atoms with van der Waals surface area (Å²) in [6, 6.07) is 5.75. The van der Waals surface area contributed by atoms with Gasteiger partial charge in [0.2, 0.25) is 5.91 Å². The minimum atomic E-state index is -3.12. The molecule has 1 aliphatic heterocycles. The lowest BCUT2D eigenvalue weighted by Gasteiger charge is -2.31. The number of carbonyl (C=O) groups excluding carboxylic acids is 1. The SMILES string of the molecule is C#CCOCCOCCOCC(F)(F)c1ccc(OC2CCN(C(=O)C=C)CC2)cc1. The number of piperidine rings is 1. The molecule has 0 aromatic heterocycles. The molecule has 1 aliphatic rings. The third-order valence-corrected chi connectivity index (χ3v) is 4.72. The molecule has 1 aromatic carbocycles. The van der Waals surface area contributed by atoms with Crippen LogP contribution in [0.1, 0.15) is 18.4 Å². The maximum absolute atomic E-state index is 14.3. The van der Waals surface area contributed by atoms with E-state index in [2.05, 4.69) is 12.5 Å². The molecule has 0 aliphatic carbocycles. The number of nitrogens with zero attached hydrogens (tertiary/aromatic N) is 1. The third-order valence-electron chi connectivity index (χ3n) is 4.72. The largest absolute Gasteiger partial charge is 0.490 e. The normalized spacial score (nSPS) is 14.8. The van der Waals surface area contributed by atoms with Crippen LogP contribution in [-0.2, 0) is 24.9 Å². The van der Waals surface area contributed by atoms with Crippen molar-refractivity contribution in [2.75, 3.05) is 52.7 Å². The van der Waals surface area contributed by atoms with Gasteiger partial charge in [-0.1, -0.05) is 12.5 Å². The van der Waals surface area contributed by atoms with Crippen LogP contribution in [0.4, 0.5) is 8.78 Å². The summed E-state index contributed by atoms with van der Waals surface area (Å²) in [5.74, 6) is -0.355. The van der Waals surface area contributed by atoms with Gasteiger partial charge in [-0.15, -0.1) is 6.42 Å². The Bertz CT molecular complexity index is 724. The van der Waals surface area contributed by atoms with Crippen LogP contribution in [0.25, 0.3) is 0 Å². The first kappa shape index (κ1) is 24.8. The number of carbonyl (C=O) groups is 1. The zero-order valence-corrected chi connectivity index (χ0v) is 17.6. The van der Waals surface area contributed by atoms with Crippen LogP contribution in [0.2, 0.25) is 0 Å². The van der Waals surface area contributed by atoms with Gasteiger partial charge in [-0.3, -0.25) is 4.79 Å². The molecule has 0 spiro atoms. The molecule has 31 heavy (non-hydrogen) atoms. The van der Waals surface area contributed by atoms with Gasteiger partial charge in [-0.2, -0.15) is 8.78 Å². The highest BCUT2D eigenvalue weighted by Gasteiger charge is 2.32. The van der Waals surface area contributed by atoms with Crippen LogP contribution in [0, 0.1) is 12.3 Å². The number of benzene rings is 1. The lowest BCUT2D eigenvalue weighted by atomic mass is 10.1. The van der Waals surface area contributed by atoms with Gasteiger partial charge in [-0.05, 0) is 30.3 Å². The Balaban J connectivity index is 1.68. The maximum Gasteiger partial charge on any atom is 0.296 e. The predicted molar refractivity (Wildman–Crippen MR) is 112 cm³/mol. The van der Waals surface area contributed by atoms with Gasteiger partial charge in [-0.25, -0.2) is 0 Å². The number of hydrogen-bond donors (Lipinski definition) is 0. The first-order valence-corrected chi connectivity index (χ1v) is 10.2. The molecule has 1 aromatic rings. The van der Waals surface area contributed by atoms with Gasteiger partial charge in [0, 0.05) is 31.5 Å². The number of hydrogen-bond acceptors (Lipinski definition) is 5. The van der Waals surface area contributed by atoms with E-state index in [4.69, 9.17) is 25.4 Å². The lowest BCUT2D eigenvalue weighted by Crippen LogP contribution is -2.41. The predicted octanol–water partition coefficient (Wildman–Crippen LogP) is 3.02. The van der Waals surface area contributed by atoms with E-state index in [0.29, 0.717) is 44.9 Å². The average molecular weight is 437 g/mol. The molecule has 0 bridgehead atoms. The fourth-order valence-electron chi connectivity index (χ4n) is 3.05. The summed E-state index contributed by atoms with van der Waals surface area (Å²) < 4.78 is 49.8. The Kier molecular flexibility index (Phi) is 10.4. The highest BCUT2D eigenvalue weighted by atomic mass is 19.3. The summed E-state index contributed by atoms with van der Waals surface area (Å²) >= 11 is 0. The van der Waals surface area contributed by atoms with Crippen molar-refractivity contribution in [3.05, 3.63) is 42.5 Å². The van der Waals surface area contributed by atoms with Gasteiger partial charge in [0.15, 0.2) is 0 Å². The highest BCUT2D eigenvalue weighted by molar-refractivity contribution is 5.87. The second-order valence-corrected chi connectivity index (χ2v) is 7.00. The fourth-order valence-corrected chi connectivity index (χ4v) is 3.05. The third kappa shape index (κ3) is 8.66. The Hall–Kier alpha value is -2.47. The Labute approximate surface area is 182 Å². The van der Waals surface area contributed by atoms with E-state index in [0.717, 1.165) is 0 Å². The van der Waals surface area contributed by atoms with Crippen LogP contribution in [0.3, 0.4) is 0 Å². The summed E-state index contributed by atoms with van der Waals surface area (Å²) in [5, 5.41) is 0. The molecule has 0 unspecified atom stereocenters. The van der Waals surface area contributed by atoms with Crippen LogP contribution in [-0.4, -0.2) is 69.6 Å². The lowest BCUT2D eigenvalue weighted by molar-refractivity contribution is -0.127. The summed E-state index contributed by atoms with van der Waals surface area (Å²) in [5.41, 5.74) is -0.144. The van der Waals surface area contributed by atoms with Crippen molar-refractivity contribution in [1.29, 1.82) is 0 Å². The van der Waals surface area contributed by atoms with Gasteiger partial charge >= 0.3 is 0 Å². The van der Waals surface area contributed by atoms with E-state index in [-0.39, 0.29) is 37.4 Å². The molecular weight excluding hydrogens is 408 g/mol. The first-order valence-electron chi connectivity index (χ1n) is 10.2. The molecule has 0 N–H and O–H groups in total. The van der Waals surface area contributed by atoms with Crippen molar-refractivity contribution in [3.63, 3.8) is 0 Å². The smallest absolute Gasteiger partial charge is 0.296 e. The zero-order valence-electron chi connectivity index (χ0n) is 17.6. The van der Waals surface area contributed by atoms with E-state index in [1.54, 1.807) is 4.90 Å². The summed E-state index contributed by atoms with van der Waals surface area (Å²) in [4.78, 5) is 13.3. The van der Waals surface area contributed by atoms with Crippen LogP contribution < -0.4 is 4.74 Å². The Morgan fingerprint density at radius 3 is 2.35 bits per heavy atom. The molecule has 0 atom stereocenters. The molecule has 0 radical (unpaired) electrons. The number of alkyl halides is 2. The van der Waals surface area contributed by atoms with Crippen LogP contribution in [0.15, 0.2) is 36.9 Å². The number of halogens is 2. The van der Waals surface area contributed by atoms with Gasteiger partial charge in [0.25, 0.3) is 5.92 Å². The summed E-state index contributed by atoms with van der Waals surface area (Å²) in [6.07, 6.45) is 7.65. The molecular formula is C23H29F2NO5. The van der Waals surface area contributed by atoms with Crippen LogP contribution in [0.5, 0.6) is 5.75 Å². The van der Waals surface area contributed by atoms with Crippen LogP contribution >= 0.6 is 0 Å². The molecule has 6 nitrogen and oxygen atoms in total. The van der Waals surface area contributed by atoms with Crippen molar-refractivity contribution < 1.29 is 32.5 Å². The topological polar surface area (TPSA) is 57.2 Å². The Morgan fingerprint density at radius 1 is 1.13 bits per heavy atom. The van der Waals surface area contributed by atoms with Gasteiger partial charge in [0.1, 0.15) is 25.1 Å². The second kappa shape index (κ2) is 13.1. The average Bonchev–Trinajstić information content (AvgIpc) is 2.78. The number of ether oxygens (including phenoxy) is 4. The second-order valence-electron chi connectivity index (χ2n) is 7.00. The highest BCUT2D eigenvalue weighted by Crippen LogP contribution is 2.30. The van der Waals surface area contributed by atoms with E-state index >= 15 is 0 Å². The van der Waals surface area contributed by atoms with Crippen molar-refractivity contribution in [1.82, 2.24) is 4.90 Å². The number of amides is 1.